The van der Waals surface area contributed by atoms with Crippen LogP contribution in [0.1, 0.15) is 11.5 Å². The van der Waals surface area contributed by atoms with Gasteiger partial charge in [0.25, 0.3) is 0 Å². The Morgan fingerprint density at radius 2 is 2.14 bits per heavy atom. The minimum atomic E-state index is -0.204. The van der Waals surface area contributed by atoms with Crippen molar-refractivity contribution in [3.63, 3.8) is 0 Å². The lowest BCUT2D eigenvalue weighted by Gasteiger charge is -2.20. The fourth-order valence-electron chi connectivity index (χ4n) is 2.99. The van der Waals surface area contributed by atoms with E-state index >= 15 is 0 Å². The molecule has 0 saturated carbocycles. The molecule has 22 heavy (non-hydrogen) atoms. The molecule has 0 aliphatic carbocycles. The number of likely N-dealkylation sites (tertiary alicyclic amines) is 1. The molecule has 116 valence electrons. The summed E-state index contributed by atoms with van der Waals surface area (Å²) in [6.07, 6.45) is 4.00. The molecule has 2 atom stereocenters. The molecule has 1 aromatic rings. The SMILES string of the molecule is COC(=O)[C@@H]1CN(C2=NNCC=C2)C[C@H]1c1ccc(Cl)cc1. The maximum atomic E-state index is 12.1. The number of carbonyl (C=O) groups excluding carboxylic acids is 1. The van der Waals surface area contributed by atoms with Gasteiger partial charge in [0, 0.05) is 24.0 Å². The highest BCUT2D eigenvalue weighted by Crippen LogP contribution is 2.34. The zero-order chi connectivity index (χ0) is 15.5. The van der Waals surface area contributed by atoms with Crippen LogP contribution in [0, 0.1) is 5.92 Å². The number of nitrogens with zero attached hydrogens (tertiary/aromatic N) is 2. The zero-order valence-corrected chi connectivity index (χ0v) is 13.1. The molecule has 0 amide bonds. The van der Waals surface area contributed by atoms with Crippen LogP contribution >= 0.6 is 11.6 Å². The molecule has 1 fully saturated rings. The predicted octanol–water partition coefficient (Wildman–Crippen LogP) is 2.00. The van der Waals surface area contributed by atoms with Gasteiger partial charge in [0.1, 0.15) is 5.84 Å². The van der Waals surface area contributed by atoms with Crippen LogP contribution in [0.4, 0.5) is 0 Å². The second-order valence-corrected chi connectivity index (χ2v) is 5.86. The normalized spacial score (nSPS) is 23.9. The molecule has 0 bridgehead atoms. The third kappa shape index (κ3) is 2.95. The molecule has 0 aromatic heterocycles. The number of benzene rings is 1. The number of halogens is 1. The van der Waals surface area contributed by atoms with Gasteiger partial charge >= 0.3 is 5.97 Å². The summed E-state index contributed by atoms with van der Waals surface area (Å²) in [4.78, 5) is 14.3. The van der Waals surface area contributed by atoms with Crippen LogP contribution in [-0.2, 0) is 9.53 Å². The van der Waals surface area contributed by atoms with Crippen LogP contribution < -0.4 is 5.43 Å². The molecule has 2 aliphatic rings. The molecular weight excluding hydrogens is 302 g/mol. The fourth-order valence-corrected chi connectivity index (χ4v) is 3.11. The average Bonchev–Trinajstić information content (AvgIpc) is 3.01. The Balaban J connectivity index is 1.85. The van der Waals surface area contributed by atoms with Gasteiger partial charge in [-0.2, -0.15) is 5.10 Å². The second kappa shape index (κ2) is 6.40. The average molecular weight is 320 g/mol. The Hall–Kier alpha value is -2.01. The number of methoxy groups -OCH3 is 1. The van der Waals surface area contributed by atoms with Crippen molar-refractivity contribution < 1.29 is 9.53 Å². The molecule has 3 rings (SSSR count). The first-order chi connectivity index (χ1) is 10.7. The van der Waals surface area contributed by atoms with Gasteiger partial charge in [0.05, 0.1) is 19.6 Å². The third-order valence-electron chi connectivity index (χ3n) is 4.12. The van der Waals surface area contributed by atoms with Crippen LogP contribution in [0.25, 0.3) is 0 Å². The van der Waals surface area contributed by atoms with Crippen molar-refractivity contribution in [2.75, 3.05) is 26.7 Å². The van der Waals surface area contributed by atoms with Crippen LogP contribution in [0.3, 0.4) is 0 Å². The minimum Gasteiger partial charge on any atom is -0.469 e. The number of hydrogen-bond acceptors (Lipinski definition) is 5. The Bertz CT molecular complexity index is 612. The zero-order valence-electron chi connectivity index (χ0n) is 12.3. The second-order valence-electron chi connectivity index (χ2n) is 5.43. The molecule has 0 radical (unpaired) electrons. The van der Waals surface area contributed by atoms with Crippen LogP contribution in [-0.4, -0.2) is 43.4 Å². The van der Waals surface area contributed by atoms with E-state index in [1.807, 2.05) is 36.4 Å². The summed E-state index contributed by atoms with van der Waals surface area (Å²) in [6.45, 7) is 2.06. The lowest BCUT2D eigenvalue weighted by molar-refractivity contribution is -0.145. The van der Waals surface area contributed by atoms with Gasteiger partial charge < -0.3 is 15.1 Å². The number of esters is 1. The predicted molar refractivity (Wildman–Crippen MR) is 85.8 cm³/mol. The molecule has 2 aliphatic heterocycles. The van der Waals surface area contributed by atoms with E-state index in [-0.39, 0.29) is 17.8 Å². The van der Waals surface area contributed by atoms with E-state index in [0.717, 1.165) is 24.5 Å². The maximum Gasteiger partial charge on any atom is 0.311 e. The van der Waals surface area contributed by atoms with Crippen molar-refractivity contribution in [1.82, 2.24) is 10.3 Å². The first kappa shape index (κ1) is 14.9. The van der Waals surface area contributed by atoms with Crippen molar-refractivity contribution in [3.8, 4) is 0 Å². The first-order valence-electron chi connectivity index (χ1n) is 7.24. The molecule has 5 nitrogen and oxygen atoms in total. The number of ether oxygens (including phenoxy) is 1. The summed E-state index contributed by atoms with van der Waals surface area (Å²) in [6, 6.07) is 7.66. The number of hydrogen-bond donors (Lipinski definition) is 1. The molecule has 1 aromatic carbocycles. The van der Waals surface area contributed by atoms with E-state index in [1.54, 1.807) is 0 Å². The van der Waals surface area contributed by atoms with Crippen molar-refractivity contribution in [3.05, 3.63) is 47.0 Å². The summed E-state index contributed by atoms with van der Waals surface area (Å²) < 4.78 is 4.98. The topological polar surface area (TPSA) is 53.9 Å². The number of amidine groups is 1. The van der Waals surface area contributed by atoms with Crippen molar-refractivity contribution in [2.45, 2.75) is 5.92 Å². The summed E-state index contributed by atoms with van der Waals surface area (Å²) in [7, 11) is 1.43. The lowest BCUT2D eigenvalue weighted by Crippen LogP contribution is -2.32. The number of hydrazone groups is 1. The monoisotopic (exact) mass is 319 g/mol. The highest BCUT2D eigenvalue weighted by atomic mass is 35.5. The van der Waals surface area contributed by atoms with E-state index in [1.165, 1.54) is 7.11 Å². The Kier molecular flexibility index (Phi) is 4.34. The van der Waals surface area contributed by atoms with Gasteiger partial charge in [0.15, 0.2) is 0 Å². The van der Waals surface area contributed by atoms with Crippen LogP contribution in [0.5, 0.6) is 0 Å². The van der Waals surface area contributed by atoms with Gasteiger partial charge in [0.2, 0.25) is 0 Å². The highest BCUT2D eigenvalue weighted by Gasteiger charge is 2.40. The fraction of sp³-hybridized carbons (Fsp3) is 0.375. The van der Waals surface area contributed by atoms with Crippen LogP contribution in [0.2, 0.25) is 5.02 Å². The number of rotatable bonds is 2. The molecule has 6 heteroatoms. The van der Waals surface area contributed by atoms with Gasteiger partial charge in [-0.15, -0.1) is 0 Å². The Morgan fingerprint density at radius 1 is 1.36 bits per heavy atom. The molecule has 0 unspecified atom stereocenters. The molecule has 0 spiro atoms. The van der Waals surface area contributed by atoms with E-state index in [2.05, 4.69) is 15.4 Å². The van der Waals surface area contributed by atoms with Crippen molar-refractivity contribution >= 4 is 23.4 Å². The van der Waals surface area contributed by atoms with E-state index in [0.29, 0.717) is 11.6 Å². The first-order valence-corrected chi connectivity index (χ1v) is 7.62. The maximum absolute atomic E-state index is 12.1. The summed E-state index contributed by atoms with van der Waals surface area (Å²) in [5.41, 5.74) is 4.05. The smallest absolute Gasteiger partial charge is 0.311 e. The summed E-state index contributed by atoms with van der Waals surface area (Å²) in [5.74, 6) is 0.541. The van der Waals surface area contributed by atoms with Crippen molar-refractivity contribution in [1.29, 1.82) is 0 Å². The Morgan fingerprint density at radius 3 is 2.77 bits per heavy atom. The highest BCUT2D eigenvalue weighted by molar-refractivity contribution is 6.30. The molecule has 1 saturated heterocycles. The van der Waals surface area contributed by atoms with Gasteiger partial charge in [-0.3, -0.25) is 4.79 Å². The quantitative estimate of drug-likeness (QED) is 0.847. The molecular formula is C16H18ClN3O2. The standard InChI is InChI=1S/C16H18ClN3O2/c1-22-16(21)14-10-20(15-3-2-8-18-19-15)9-13(14)11-4-6-12(17)7-5-11/h2-7,13-14,18H,8-10H2,1H3/t13-,14+/m0/s1. The molecule has 1 N–H and O–H groups in total. The lowest BCUT2D eigenvalue weighted by atomic mass is 9.89. The summed E-state index contributed by atoms with van der Waals surface area (Å²) in [5, 5.41) is 5.00. The Labute approximate surface area is 134 Å². The van der Waals surface area contributed by atoms with Gasteiger partial charge in [-0.05, 0) is 23.8 Å². The van der Waals surface area contributed by atoms with E-state index in [4.69, 9.17) is 16.3 Å². The van der Waals surface area contributed by atoms with E-state index < -0.39 is 0 Å². The van der Waals surface area contributed by atoms with Crippen LogP contribution in [0.15, 0.2) is 41.5 Å². The van der Waals surface area contributed by atoms with E-state index in [9.17, 15) is 4.79 Å². The largest absolute Gasteiger partial charge is 0.469 e. The molecule has 2 heterocycles. The van der Waals surface area contributed by atoms with Gasteiger partial charge in [-0.1, -0.05) is 29.8 Å². The number of nitrogens with one attached hydrogen (secondary N) is 1. The minimum absolute atomic E-state index is 0.0720. The third-order valence-corrected chi connectivity index (χ3v) is 4.37. The number of carbonyl (C=O) groups is 1. The van der Waals surface area contributed by atoms with Gasteiger partial charge in [-0.25, -0.2) is 0 Å². The summed E-state index contributed by atoms with van der Waals surface area (Å²) >= 11 is 5.96. The van der Waals surface area contributed by atoms with Crippen molar-refractivity contribution in [2.24, 2.45) is 11.0 Å².